The van der Waals surface area contributed by atoms with Crippen LogP contribution in [0.1, 0.15) is 18.9 Å². The van der Waals surface area contributed by atoms with Crippen molar-refractivity contribution in [2.24, 2.45) is 7.05 Å². The maximum atomic E-state index is 12.8. The number of aliphatic hydroxyl groups is 6. The quantitative estimate of drug-likeness (QED) is 0.0701. The van der Waals surface area contributed by atoms with E-state index in [1.165, 1.54) is 19.1 Å². The predicted octanol–water partition coefficient (Wildman–Crippen LogP) is -4.19. The van der Waals surface area contributed by atoms with Gasteiger partial charge >= 0.3 is 0 Å². The molecular weight excluding hydrogens is 632 g/mol. The van der Waals surface area contributed by atoms with Crippen molar-refractivity contribution in [1.82, 2.24) is 14.6 Å². The number of rotatable bonds is 14. The number of aromatic nitrogens is 2. The highest BCUT2D eigenvalue weighted by molar-refractivity contribution is 7.89. The fraction of sp³-hybridized carbons (Fsp3) is 0.643. The van der Waals surface area contributed by atoms with Crippen LogP contribution in [0.3, 0.4) is 0 Å². The number of ether oxygens (including phenoxy) is 4. The van der Waals surface area contributed by atoms with Gasteiger partial charge in [0.05, 0.1) is 31.8 Å². The van der Waals surface area contributed by atoms with Gasteiger partial charge in [-0.3, -0.25) is 4.79 Å². The van der Waals surface area contributed by atoms with Crippen molar-refractivity contribution < 1.29 is 67.4 Å². The molecule has 46 heavy (non-hydrogen) atoms. The lowest BCUT2D eigenvalue weighted by molar-refractivity contribution is -0.671. The summed E-state index contributed by atoms with van der Waals surface area (Å²) in [6, 6.07) is 5.27. The van der Waals surface area contributed by atoms with E-state index in [4.69, 9.17) is 18.9 Å². The number of hydrogen-bond donors (Lipinski definition) is 8. The summed E-state index contributed by atoms with van der Waals surface area (Å²) in [6.07, 6.45) is -7.77. The van der Waals surface area contributed by atoms with Crippen molar-refractivity contribution in [3.8, 4) is 0 Å². The van der Waals surface area contributed by atoms with Gasteiger partial charge in [-0.1, -0.05) is 12.1 Å². The summed E-state index contributed by atoms with van der Waals surface area (Å²) in [5.74, 6) is -0.559. The summed E-state index contributed by atoms with van der Waals surface area (Å²) < 4.78 is 54.4. The number of carbonyl (C=O) groups is 1. The third-order valence-corrected chi connectivity index (χ3v) is 9.16. The van der Waals surface area contributed by atoms with Crippen molar-refractivity contribution in [2.45, 2.75) is 86.1 Å². The molecule has 3 heterocycles. The highest BCUT2D eigenvalue weighted by Gasteiger charge is 2.51. The summed E-state index contributed by atoms with van der Waals surface area (Å²) in [6.45, 7) is 0.293. The van der Waals surface area contributed by atoms with Crippen molar-refractivity contribution in [2.75, 3.05) is 26.4 Å². The van der Waals surface area contributed by atoms with Crippen molar-refractivity contribution >= 4 is 15.9 Å². The molecule has 1 aromatic carbocycles. The summed E-state index contributed by atoms with van der Waals surface area (Å²) in [5, 5.41) is 63.5. The molecule has 0 radical (unpaired) electrons. The monoisotopic (exact) mass is 675 g/mol. The molecule has 18 heteroatoms. The molecule has 2 aromatic rings. The highest BCUT2D eigenvalue weighted by Crippen LogP contribution is 2.29. The Labute approximate surface area is 266 Å². The molecule has 1 amide bonds. The number of nitrogens with zero attached hydrogens (tertiary/aromatic N) is 2. The van der Waals surface area contributed by atoms with Gasteiger partial charge in [0.2, 0.25) is 22.3 Å². The van der Waals surface area contributed by atoms with Gasteiger partial charge < -0.3 is 54.9 Å². The van der Waals surface area contributed by atoms with Gasteiger partial charge in [0, 0.05) is 13.5 Å². The minimum atomic E-state index is -3.81. The first-order valence-corrected chi connectivity index (χ1v) is 16.2. The minimum Gasteiger partial charge on any atom is -0.394 e. The van der Waals surface area contributed by atoms with Gasteiger partial charge in [0.1, 0.15) is 67.7 Å². The van der Waals surface area contributed by atoms with E-state index < -0.39 is 90.5 Å². The van der Waals surface area contributed by atoms with E-state index >= 15 is 0 Å². The van der Waals surface area contributed by atoms with E-state index in [2.05, 4.69) is 10.0 Å². The van der Waals surface area contributed by atoms with Gasteiger partial charge in [-0.25, -0.2) is 22.3 Å². The number of carbonyl (C=O) groups excluding carboxylic acids is 1. The van der Waals surface area contributed by atoms with Crippen LogP contribution in [0.25, 0.3) is 0 Å². The Morgan fingerprint density at radius 1 is 0.978 bits per heavy atom. The molecule has 2 fully saturated rings. The largest absolute Gasteiger partial charge is 0.394 e. The van der Waals surface area contributed by atoms with Crippen LogP contribution in [-0.4, -0.2) is 137 Å². The second kappa shape index (κ2) is 16.0. The van der Waals surface area contributed by atoms with E-state index in [1.54, 1.807) is 12.1 Å². The summed E-state index contributed by atoms with van der Waals surface area (Å²) >= 11 is 0. The van der Waals surface area contributed by atoms with Crippen LogP contribution in [0.5, 0.6) is 0 Å². The second-order valence-corrected chi connectivity index (χ2v) is 13.0. The Morgan fingerprint density at radius 2 is 1.65 bits per heavy atom. The highest BCUT2D eigenvalue weighted by atomic mass is 32.2. The van der Waals surface area contributed by atoms with Crippen molar-refractivity contribution in [3.05, 3.63) is 48.5 Å². The Hall–Kier alpha value is -2.59. The van der Waals surface area contributed by atoms with Crippen LogP contribution in [0.2, 0.25) is 0 Å². The number of aryl methyl sites for hydroxylation is 1. The maximum Gasteiger partial charge on any atom is 0.243 e. The Morgan fingerprint density at radius 3 is 2.26 bits per heavy atom. The Balaban J connectivity index is 1.31. The number of amides is 1. The first kappa shape index (κ1) is 36.2. The van der Waals surface area contributed by atoms with E-state index in [-0.39, 0.29) is 24.5 Å². The molecule has 2 aliphatic rings. The lowest BCUT2D eigenvalue weighted by atomic mass is 9.95. The van der Waals surface area contributed by atoms with E-state index in [1.807, 2.05) is 34.9 Å². The van der Waals surface area contributed by atoms with Gasteiger partial charge in [0.15, 0.2) is 12.6 Å². The number of benzene rings is 1. The number of aliphatic hydroxyl groups excluding tert-OH is 6. The molecule has 17 nitrogen and oxygen atoms in total. The predicted molar refractivity (Wildman–Crippen MR) is 155 cm³/mol. The molecule has 4 rings (SSSR count). The molecular formula is C28H43N4O13S+. The van der Waals surface area contributed by atoms with Crippen LogP contribution < -0.4 is 14.6 Å². The molecule has 0 aliphatic carbocycles. The standard InChI is InChI=1S/C28H42N4O13S/c1-16(35)30-21-23(37)26(45-28-25(39)24(38)22(36)19(13-33)43-28)20(14-34)44-27(21)42-11-3-8-29-46(40,41)18-6-4-17(5-7-18)12-32-10-9-31(2)15-32/h4-7,9-10,15,19-29,33-34,36-39H,3,8,11-14H2,1-2H3/p+1/t19-,20-,21-,22+,23-,24+,25-,26-,27-,28+/m1/s1. The molecule has 258 valence electrons. The van der Waals surface area contributed by atoms with Crippen molar-refractivity contribution in [1.29, 1.82) is 0 Å². The number of sulfonamides is 1. The third kappa shape index (κ3) is 8.85. The van der Waals surface area contributed by atoms with E-state index in [0.29, 0.717) is 6.54 Å². The Bertz CT molecular complexity index is 1380. The van der Waals surface area contributed by atoms with Gasteiger partial charge in [0.25, 0.3) is 0 Å². The molecule has 2 saturated heterocycles. The molecule has 10 atom stereocenters. The lowest BCUT2D eigenvalue weighted by Crippen LogP contribution is -2.67. The average Bonchev–Trinajstić information content (AvgIpc) is 3.43. The molecule has 1 aromatic heterocycles. The number of nitrogens with one attached hydrogen (secondary N) is 2. The first-order chi connectivity index (χ1) is 21.8. The zero-order valence-electron chi connectivity index (χ0n) is 25.4. The van der Waals surface area contributed by atoms with Gasteiger partial charge in [-0.15, -0.1) is 0 Å². The van der Waals surface area contributed by atoms with Crippen LogP contribution in [-0.2, 0) is 47.4 Å². The third-order valence-electron chi connectivity index (χ3n) is 7.68. The van der Waals surface area contributed by atoms with Gasteiger partial charge in [-0.2, -0.15) is 0 Å². The molecule has 0 unspecified atom stereocenters. The van der Waals surface area contributed by atoms with Crippen LogP contribution in [0.4, 0.5) is 0 Å². The SMILES string of the molecule is CC(=O)N[C@H]1[C@H](OCCCNS(=O)(=O)c2ccc(Cn3cc[n+](C)c3)cc2)O[C@H](CO)[C@@H](O[C@@H]2O[C@H](CO)[C@H](O)[C@H](O)[C@H]2O)[C@@H]1O. The second-order valence-electron chi connectivity index (χ2n) is 11.3. The number of imidazole rings is 1. The summed E-state index contributed by atoms with van der Waals surface area (Å²) in [5.41, 5.74) is 0.925. The molecule has 0 saturated carbocycles. The smallest absolute Gasteiger partial charge is 0.243 e. The molecule has 2 aliphatic heterocycles. The molecule has 8 N–H and O–H groups in total. The van der Waals surface area contributed by atoms with E-state index in [0.717, 1.165) is 5.56 Å². The summed E-state index contributed by atoms with van der Waals surface area (Å²) in [7, 11) is -1.91. The van der Waals surface area contributed by atoms with Crippen LogP contribution in [0.15, 0.2) is 47.9 Å². The zero-order valence-corrected chi connectivity index (χ0v) is 26.2. The fourth-order valence-electron chi connectivity index (χ4n) is 5.24. The number of hydrogen-bond acceptors (Lipinski definition) is 13. The van der Waals surface area contributed by atoms with Crippen LogP contribution in [0, 0.1) is 0 Å². The Kier molecular flexibility index (Phi) is 12.6. The first-order valence-electron chi connectivity index (χ1n) is 14.7. The normalized spacial score (nSPS) is 31.9. The topological polar surface area (TPSA) is 242 Å². The molecule has 0 bridgehead atoms. The van der Waals surface area contributed by atoms with Crippen LogP contribution >= 0.6 is 0 Å². The fourth-order valence-corrected chi connectivity index (χ4v) is 6.32. The van der Waals surface area contributed by atoms with Gasteiger partial charge in [-0.05, 0) is 24.1 Å². The lowest BCUT2D eigenvalue weighted by Gasteiger charge is -2.47. The summed E-state index contributed by atoms with van der Waals surface area (Å²) in [4.78, 5) is 12.0. The minimum absolute atomic E-state index is 0.00367. The average molecular weight is 676 g/mol. The zero-order chi connectivity index (χ0) is 33.6. The van der Waals surface area contributed by atoms with E-state index in [9.17, 15) is 43.9 Å². The maximum absolute atomic E-state index is 12.8. The molecule has 0 spiro atoms. The van der Waals surface area contributed by atoms with Crippen molar-refractivity contribution in [3.63, 3.8) is 0 Å².